The lowest BCUT2D eigenvalue weighted by Gasteiger charge is -2.41. The highest BCUT2D eigenvalue weighted by molar-refractivity contribution is 5.85. The summed E-state index contributed by atoms with van der Waals surface area (Å²) in [5.74, 6) is 2.06. The maximum Gasteiger partial charge on any atom is 0.220 e. The predicted molar refractivity (Wildman–Crippen MR) is 100.0 cm³/mol. The van der Waals surface area contributed by atoms with Crippen LogP contribution in [0, 0.1) is 23.2 Å². The van der Waals surface area contributed by atoms with Crippen LogP contribution >= 0.6 is 12.4 Å². The fourth-order valence-electron chi connectivity index (χ4n) is 4.43. The summed E-state index contributed by atoms with van der Waals surface area (Å²) in [5.41, 5.74) is 0.289. The average molecular weight is 345 g/mol. The molecule has 0 aromatic rings. The smallest absolute Gasteiger partial charge is 0.220 e. The van der Waals surface area contributed by atoms with Crippen molar-refractivity contribution in [3.8, 4) is 0 Å². The van der Waals surface area contributed by atoms with Crippen LogP contribution in [0.1, 0.15) is 72.6 Å². The molecule has 0 bridgehead atoms. The number of carbonyl (C=O) groups is 1. The van der Waals surface area contributed by atoms with Crippen LogP contribution in [-0.2, 0) is 4.79 Å². The minimum absolute atomic E-state index is 0. The van der Waals surface area contributed by atoms with E-state index in [0.29, 0.717) is 30.2 Å². The first-order chi connectivity index (χ1) is 10.4. The lowest BCUT2D eigenvalue weighted by atomic mass is 9.69. The quantitative estimate of drug-likeness (QED) is 0.804. The Balaban J connectivity index is 0.00000264. The molecule has 0 aromatic heterocycles. The second-order valence-corrected chi connectivity index (χ2v) is 8.72. The molecule has 2 fully saturated rings. The van der Waals surface area contributed by atoms with Gasteiger partial charge in [-0.1, -0.05) is 40.5 Å². The largest absolute Gasteiger partial charge is 0.353 e. The number of rotatable bonds is 4. The molecule has 1 saturated carbocycles. The van der Waals surface area contributed by atoms with Crippen molar-refractivity contribution in [3.05, 3.63) is 0 Å². The topological polar surface area (TPSA) is 41.1 Å². The zero-order valence-corrected chi connectivity index (χ0v) is 16.3. The number of hydrogen-bond donors (Lipinski definition) is 2. The summed E-state index contributed by atoms with van der Waals surface area (Å²) in [6.45, 7) is 11.4. The van der Waals surface area contributed by atoms with Gasteiger partial charge in [0.2, 0.25) is 5.91 Å². The Morgan fingerprint density at radius 1 is 1.17 bits per heavy atom. The van der Waals surface area contributed by atoms with E-state index in [9.17, 15) is 4.79 Å². The molecule has 2 N–H and O–H groups in total. The molecule has 2 rings (SSSR count). The average Bonchev–Trinajstić information content (AvgIpc) is 2.47. The Morgan fingerprint density at radius 3 is 2.48 bits per heavy atom. The number of nitrogens with one attached hydrogen (secondary N) is 2. The third-order valence-corrected chi connectivity index (χ3v) is 5.87. The Labute approximate surface area is 149 Å². The molecule has 4 unspecified atom stereocenters. The minimum atomic E-state index is 0. The van der Waals surface area contributed by atoms with Crippen LogP contribution in [0.5, 0.6) is 0 Å². The third kappa shape index (κ3) is 6.26. The molecule has 3 nitrogen and oxygen atoms in total. The monoisotopic (exact) mass is 344 g/mol. The van der Waals surface area contributed by atoms with Gasteiger partial charge in [-0.25, -0.2) is 0 Å². The van der Waals surface area contributed by atoms with Crippen LogP contribution < -0.4 is 10.6 Å². The van der Waals surface area contributed by atoms with Crippen LogP contribution in [0.2, 0.25) is 0 Å². The van der Waals surface area contributed by atoms with Crippen molar-refractivity contribution in [2.24, 2.45) is 23.2 Å². The summed E-state index contributed by atoms with van der Waals surface area (Å²) in [6, 6.07) is 0.387. The van der Waals surface area contributed by atoms with Crippen LogP contribution in [0.3, 0.4) is 0 Å². The Bertz CT molecular complexity index is 361. The van der Waals surface area contributed by atoms with Crippen LogP contribution in [0.25, 0.3) is 0 Å². The van der Waals surface area contributed by atoms with Crippen LogP contribution in [0.15, 0.2) is 0 Å². The van der Waals surface area contributed by atoms with E-state index < -0.39 is 0 Å². The molecule has 0 radical (unpaired) electrons. The van der Waals surface area contributed by atoms with Gasteiger partial charge in [0, 0.05) is 12.5 Å². The van der Waals surface area contributed by atoms with E-state index in [-0.39, 0.29) is 23.7 Å². The molecule has 1 aliphatic carbocycles. The fourth-order valence-corrected chi connectivity index (χ4v) is 4.43. The van der Waals surface area contributed by atoms with Gasteiger partial charge in [0.05, 0.1) is 0 Å². The van der Waals surface area contributed by atoms with Gasteiger partial charge >= 0.3 is 0 Å². The van der Waals surface area contributed by atoms with Gasteiger partial charge < -0.3 is 10.6 Å². The number of piperidine rings is 1. The Hall–Kier alpha value is -0.280. The van der Waals surface area contributed by atoms with E-state index >= 15 is 0 Å². The SMILES string of the molecule is CC(CC(=O)NC1CCCCC1C(C)(C)C)C1CCCNC1.Cl. The summed E-state index contributed by atoms with van der Waals surface area (Å²) < 4.78 is 0. The van der Waals surface area contributed by atoms with Crippen molar-refractivity contribution in [2.75, 3.05) is 13.1 Å². The van der Waals surface area contributed by atoms with E-state index in [1.807, 2.05) is 0 Å². The van der Waals surface area contributed by atoms with E-state index in [0.717, 1.165) is 19.5 Å². The highest BCUT2D eigenvalue weighted by Gasteiger charge is 2.35. The summed E-state index contributed by atoms with van der Waals surface area (Å²) in [7, 11) is 0. The zero-order chi connectivity index (χ0) is 16.2. The Morgan fingerprint density at radius 2 is 1.87 bits per heavy atom. The van der Waals surface area contributed by atoms with Crippen molar-refractivity contribution < 1.29 is 4.79 Å². The molecule has 0 spiro atoms. The number of carbonyl (C=O) groups excluding carboxylic acids is 1. The van der Waals surface area contributed by atoms with E-state index in [2.05, 4.69) is 38.3 Å². The lowest BCUT2D eigenvalue weighted by Crippen LogP contribution is -2.47. The van der Waals surface area contributed by atoms with Crippen molar-refractivity contribution >= 4 is 18.3 Å². The van der Waals surface area contributed by atoms with Crippen molar-refractivity contribution in [3.63, 3.8) is 0 Å². The first kappa shape index (κ1) is 20.8. The zero-order valence-electron chi connectivity index (χ0n) is 15.5. The van der Waals surface area contributed by atoms with E-state index in [1.54, 1.807) is 0 Å². The van der Waals surface area contributed by atoms with Crippen LogP contribution in [-0.4, -0.2) is 25.0 Å². The molecule has 4 heteroatoms. The molecule has 1 aliphatic heterocycles. The van der Waals surface area contributed by atoms with E-state index in [1.165, 1.54) is 32.1 Å². The summed E-state index contributed by atoms with van der Waals surface area (Å²) in [6.07, 6.45) is 8.22. The van der Waals surface area contributed by atoms with E-state index in [4.69, 9.17) is 0 Å². The van der Waals surface area contributed by atoms with Gasteiger partial charge in [0.15, 0.2) is 0 Å². The summed E-state index contributed by atoms with van der Waals surface area (Å²) in [4.78, 5) is 12.5. The highest BCUT2D eigenvalue weighted by Crippen LogP contribution is 2.38. The fraction of sp³-hybridized carbons (Fsp3) is 0.947. The highest BCUT2D eigenvalue weighted by atomic mass is 35.5. The molecule has 1 amide bonds. The first-order valence-corrected chi connectivity index (χ1v) is 9.38. The van der Waals surface area contributed by atoms with Gasteiger partial charge in [-0.05, 0) is 61.9 Å². The molecular weight excluding hydrogens is 308 g/mol. The maximum atomic E-state index is 12.5. The van der Waals surface area contributed by atoms with Gasteiger partial charge in [0.25, 0.3) is 0 Å². The van der Waals surface area contributed by atoms with Crippen molar-refractivity contribution in [1.29, 1.82) is 0 Å². The number of halogens is 1. The normalized spacial score (nSPS) is 30.2. The number of amides is 1. The second kappa shape index (κ2) is 9.27. The molecule has 2 aliphatic rings. The maximum absolute atomic E-state index is 12.5. The standard InChI is InChI=1S/C19H36N2O.ClH/c1-14(15-8-7-11-20-13-15)12-18(22)21-17-10-6-5-9-16(17)19(2,3)4;/h14-17,20H,5-13H2,1-4H3,(H,21,22);1H. The summed E-state index contributed by atoms with van der Waals surface area (Å²) in [5, 5.41) is 6.85. The summed E-state index contributed by atoms with van der Waals surface area (Å²) >= 11 is 0. The third-order valence-electron chi connectivity index (χ3n) is 5.87. The van der Waals surface area contributed by atoms with Crippen molar-refractivity contribution in [2.45, 2.75) is 78.7 Å². The van der Waals surface area contributed by atoms with Gasteiger partial charge in [-0.15, -0.1) is 12.4 Å². The van der Waals surface area contributed by atoms with Gasteiger partial charge in [-0.3, -0.25) is 4.79 Å². The molecule has 1 saturated heterocycles. The lowest BCUT2D eigenvalue weighted by molar-refractivity contribution is -0.124. The molecule has 0 aromatic carbocycles. The number of hydrogen-bond acceptors (Lipinski definition) is 2. The second-order valence-electron chi connectivity index (χ2n) is 8.72. The van der Waals surface area contributed by atoms with Gasteiger partial charge in [-0.2, -0.15) is 0 Å². The molecule has 136 valence electrons. The molecule has 4 atom stereocenters. The Kier molecular flexibility index (Phi) is 8.37. The van der Waals surface area contributed by atoms with Gasteiger partial charge in [0.1, 0.15) is 0 Å². The van der Waals surface area contributed by atoms with Crippen molar-refractivity contribution in [1.82, 2.24) is 10.6 Å². The molecule has 1 heterocycles. The minimum Gasteiger partial charge on any atom is -0.353 e. The van der Waals surface area contributed by atoms with Crippen LogP contribution in [0.4, 0.5) is 0 Å². The molecule has 23 heavy (non-hydrogen) atoms. The molecular formula is C19H37ClN2O. The predicted octanol–water partition coefficient (Wildman–Crippen LogP) is 4.16. The first-order valence-electron chi connectivity index (χ1n) is 9.38.